The third kappa shape index (κ3) is 3.04. The van der Waals surface area contributed by atoms with Crippen molar-refractivity contribution in [1.82, 2.24) is 19.3 Å². The van der Waals surface area contributed by atoms with Gasteiger partial charge in [-0.05, 0) is 50.5 Å². The Labute approximate surface area is 147 Å². The summed E-state index contributed by atoms with van der Waals surface area (Å²) >= 11 is 0. The molecule has 2 aliphatic rings. The molecule has 1 saturated heterocycles. The van der Waals surface area contributed by atoms with Crippen molar-refractivity contribution in [2.24, 2.45) is 0 Å². The van der Waals surface area contributed by atoms with Gasteiger partial charge in [-0.3, -0.25) is 0 Å². The van der Waals surface area contributed by atoms with Crippen molar-refractivity contribution in [2.75, 3.05) is 19.7 Å². The summed E-state index contributed by atoms with van der Waals surface area (Å²) in [6.45, 7) is 5.19. The van der Waals surface area contributed by atoms with Crippen LogP contribution in [-0.4, -0.2) is 47.4 Å². The summed E-state index contributed by atoms with van der Waals surface area (Å²) in [6.07, 6.45) is 4.33. The van der Waals surface area contributed by atoms with Crippen LogP contribution in [0.5, 0.6) is 5.75 Å². The maximum absolute atomic E-state index is 12.8. The van der Waals surface area contributed by atoms with Crippen LogP contribution in [0, 0.1) is 6.92 Å². The van der Waals surface area contributed by atoms with Gasteiger partial charge < -0.3 is 4.74 Å². The number of rotatable bonds is 6. The Morgan fingerprint density at radius 3 is 2.68 bits per heavy atom. The summed E-state index contributed by atoms with van der Waals surface area (Å²) in [6, 6.07) is 5.08. The number of benzene rings is 1. The first-order valence-electron chi connectivity index (χ1n) is 8.64. The minimum absolute atomic E-state index is 0.0681. The third-order valence-electron chi connectivity index (χ3n) is 4.81. The molecule has 0 amide bonds. The van der Waals surface area contributed by atoms with Gasteiger partial charge in [0.2, 0.25) is 10.0 Å². The molecule has 0 unspecified atom stereocenters. The highest BCUT2D eigenvalue weighted by atomic mass is 32.2. The molecule has 1 saturated carbocycles. The summed E-state index contributed by atoms with van der Waals surface area (Å²) < 4.78 is 34.3. The Balaban J connectivity index is 1.45. The monoisotopic (exact) mass is 362 g/mol. The first kappa shape index (κ1) is 16.5. The zero-order valence-electron chi connectivity index (χ0n) is 14.4. The van der Waals surface area contributed by atoms with Gasteiger partial charge in [-0.1, -0.05) is 5.21 Å². The van der Waals surface area contributed by atoms with Gasteiger partial charge >= 0.3 is 0 Å². The molecule has 134 valence electrons. The van der Waals surface area contributed by atoms with Gasteiger partial charge in [0.1, 0.15) is 5.75 Å². The van der Waals surface area contributed by atoms with Crippen molar-refractivity contribution >= 4 is 10.0 Å². The highest BCUT2D eigenvalue weighted by Crippen LogP contribution is 2.39. The molecule has 2 heterocycles. The molecule has 2 aromatic rings. The van der Waals surface area contributed by atoms with E-state index in [1.807, 2.05) is 24.7 Å². The van der Waals surface area contributed by atoms with Crippen LogP contribution < -0.4 is 4.74 Å². The van der Waals surface area contributed by atoms with Gasteiger partial charge in [0.15, 0.2) is 0 Å². The van der Waals surface area contributed by atoms with E-state index >= 15 is 0 Å². The van der Waals surface area contributed by atoms with Crippen LogP contribution in [0.4, 0.5) is 0 Å². The first-order chi connectivity index (χ1) is 12.0. The number of aromatic nitrogens is 3. The summed E-state index contributed by atoms with van der Waals surface area (Å²) in [5, 5.41) is 8.36. The molecule has 0 spiro atoms. The number of aryl methyl sites for hydroxylation is 1. The zero-order valence-corrected chi connectivity index (χ0v) is 15.2. The number of nitrogens with zero attached hydrogens (tertiary/aromatic N) is 4. The van der Waals surface area contributed by atoms with E-state index in [0.29, 0.717) is 30.5 Å². The first-order valence-corrected chi connectivity index (χ1v) is 10.1. The molecular weight excluding hydrogens is 340 g/mol. The Kier molecular flexibility index (Phi) is 4.04. The predicted octanol–water partition coefficient (Wildman–Crippen LogP) is 2.11. The average molecular weight is 362 g/mol. The van der Waals surface area contributed by atoms with Crippen molar-refractivity contribution in [2.45, 2.75) is 43.5 Å². The smallest absolute Gasteiger partial charge is 0.243 e. The van der Waals surface area contributed by atoms with E-state index in [1.165, 1.54) is 17.1 Å². The number of sulfonamides is 1. The molecule has 1 aromatic carbocycles. The molecule has 1 aromatic heterocycles. The van der Waals surface area contributed by atoms with E-state index in [-0.39, 0.29) is 6.04 Å². The normalized spacial score (nSPS) is 19.0. The molecule has 7 nitrogen and oxygen atoms in total. The van der Waals surface area contributed by atoms with E-state index < -0.39 is 10.0 Å². The van der Waals surface area contributed by atoms with Crippen molar-refractivity contribution in [3.63, 3.8) is 0 Å². The lowest BCUT2D eigenvalue weighted by Crippen LogP contribution is -2.50. The molecule has 0 N–H and O–H groups in total. The molecule has 4 rings (SSSR count). The minimum Gasteiger partial charge on any atom is -0.494 e. The molecule has 2 fully saturated rings. The minimum atomic E-state index is -3.48. The largest absolute Gasteiger partial charge is 0.494 e. The van der Waals surface area contributed by atoms with E-state index in [4.69, 9.17) is 4.74 Å². The Bertz CT molecular complexity index is 883. The van der Waals surface area contributed by atoms with Crippen LogP contribution in [0.25, 0.3) is 0 Å². The maximum atomic E-state index is 12.8. The fraction of sp³-hybridized carbons (Fsp3) is 0.529. The Hall–Kier alpha value is -1.93. The molecule has 8 heteroatoms. The van der Waals surface area contributed by atoms with Gasteiger partial charge in [0, 0.05) is 25.2 Å². The Morgan fingerprint density at radius 2 is 2.04 bits per heavy atom. The van der Waals surface area contributed by atoms with Crippen LogP contribution in [-0.2, 0) is 10.0 Å². The molecular formula is C17H22N4O3S. The summed E-state index contributed by atoms with van der Waals surface area (Å²) in [4.78, 5) is 0.309. The standard InChI is InChI=1S/C17H22N4O3S/c1-3-24-17-7-6-15(8-12(17)2)25(22,23)20-9-14(10-20)21-11-16(18-19-21)13-4-5-13/h6-8,11,13-14H,3-5,9-10H2,1-2H3. The van der Waals surface area contributed by atoms with E-state index in [2.05, 4.69) is 10.3 Å². The van der Waals surface area contributed by atoms with Crippen molar-refractivity contribution < 1.29 is 13.2 Å². The zero-order chi connectivity index (χ0) is 17.6. The van der Waals surface area contributed by atoms with Crippen LogP contribution >= 0.6 is 0 Å². The van der Waals surface area contributed by atoms with Gasteiger partial charge in [-0.2, -0.15) is 4.31 Å². The number of hydrogen-bond acceptors (Lipinski definition) is 5. The van der Waals surface area contributed by atoms with E-state index in [0.717, 1.165) is 17.0 Å². The topological polar surface area (TPSA) is 77.3 Å². The second kappa shape index (κ2) is 6.10. The van der Waals surface area contributed by atoms with Gasteiger partial charge in [0.05, 0.1) is 23.2 Å². The highest BCUT2D eigenvalue weighted by molar-refractivity contribution is 7.89. The molecule has 1 aliphatic heterocycles. The summed E-state index contributed by atoms with van der Waals surface area (Å²) in [5.74, 6) is 1.28. The molecule has 0 atom stereocenters. The molecule has 0 bridgehead atoms. The van der Waals surface area contributed by atoms with E-state index in [9.17, 15) is 8.42 Å². The lowest BCUT2D eigenvalue weighted by molar-refractivity contribution is 0.189. The van der Waals surface area contributed by atoms with Gasteiger partial charge in [-0.15, -0.1) is 5.10 Å². The quantitative estimate of drug-likeness (QED) is 0.786. The van der Waals surface area contributed by atoms with Crippen LogP contribution in [0.3, 0.4) is 0 Å². The second-order valence-corrected chi connectivity index (χ2v) is 8.67. The van der Waals surface area contributed by atoms with Gasteiger partial charge in [0.25, 0.3) is 0 Å². The lowest BCUT2D eigenvalue weighted by Gasteiger charge is -2.37. The fourth-order valence-corrected chi connectivity index (χ4v) is 4.66. The average Bonchev–Trinajstić information content (AvgIpc) is 3.27. The predicted molar refractivity (Wildman–Crippen MR) is 92.1 cm³/mol. The van der Waals surface area contributed by atoms with Crippen LogP contribution in [0.1, 0.15) is 43.0 Å². The number of hydrogen-bond donors (Lipinski definition) is 0. The fourth-order valence-electron chi connectivity index (χ4n) is 3.06. The molecule has 25 heavy (non-hydrogen) atoms. The highest BCUT2D eigenvalue weighted by Gasteiger charge is 2.39. The lowest BCUT2D eigenvalue weighted by atomic mass is 10.2. The molecule has 1 aliphatic carbocycles. The van der Waals surface area contributed by atoms with Crippen molar-refractivity contribution in [1.29, 1.82) is 0 Å². The van der Waals surface area contributed by atoms with E-state index in [1.54, 1.807) is 18.2 Å². The van der Waals surface area contributed by atoms with Crippen LogP contribution in [0.15, 0.2) is 29.3 Å². The second-order valence-electron chi connectivity index (χ2n) is 6.73. The van der Waals surface area contributed by atoms with Crippen LogP contribution in [0.2, 0.25) is 0 Å². The number of ether oxygens (including phenoxy) is 1. The SMILES string of the molecule is CCOc1ccc(S(=O)(=O)N2CC(n3cc(C4CC4)nn3)C2)cc1C. The summed E-state index contributed by atoms with van der Waals surface area (Å²) in [5.41, 5.74) is 1.86. The summed E-state index contributed by atoms with van der Waals surface area (Å²) in [7, 11) is -3.48. The van der Waals surface area contributed by atoms with Gasteiger partial charge in [-0.25, -0.2) is 13.1 Å². The maximum Gasteiger partial charge on any atom is 0.243 e. The van der Waals surface area contributed by atoms with Crippen molar-refractivity contribution in [3.05, 3.63) is 35.7 Å². The molecule has 0 radical (unpaired) electrons. The Morgan fingerprint density at radius 1 is 1.28 bits per heavy atom. The third-order valence-corrected chi connectivity index (χ3v) is 6.64. The van der Waals surface area contributed by atoms with Crippen molar-refractivity contribution in [3.8, 4) is 5.75 Å².